The molecule has 1 fully saturated rings. The van der Waals surface area contributed by atoms with E-state index in [4.69, 9.17) is 16.3 Å². The van der Waals surface area contributed by atoms with E-state index in [-0.39, 0.29) is 11.3 Å². The Balaban J connectivity index is 2.45. The van der Waals surface area contributed by atoms with E-state index < -0.39 is 0 Å². The highest BCUT2D eigenvalue weighted by Gasteiger charge is 2.34. The number of halogens is 1. The van der Waals surface area contributed by atoms with Gasteiger partial charge in [-0.15, -0.1) is 11.6 Å². The molecule has 1 heterocycles. The van der Waals surface area contributed by atoms with Crippen LogP contribution in [0, 0.1) is 11.8 Å². The Morgan fingerprint density at radius 1 is 1.50 bits per heavy atom. The fourth-order valence-electron chi connectivity index (χ4n) is 2.07. The summed E-state index contributed by atoms with van der Waals surface area (Å²) in [4.78, 5) is 13.8. The van der Waals surface area contributed by atoms with Gasteiger partial charge in [0.15, 0.2) is 0 Å². The molecule has 4 heteroatoms. The Morgan fingerprint density at radius 3 is 2.75 bits per heavy atom. The maximum absolute atomic E-state index is 11.9. The third kappa shape index (κ3) is 3.36. The molecule has 3 atom stereocenters. The zero-order chi connectivity index (χ0) is 12.1. The Labute approximate surface area is 103 Å². The number of hydrogen-bond donors (Lipinski definition) is 0. The molecule has 0 bridgehead atoms. The van der Waals surface area contributed by atoms with E-state index in [0.29, 0.717) is 18.3 Å². The normalized spacial score (nSPS) is 27.1. The number of likely N-dealkylation sites (tertiary alicyclic amines) is 1. The fraction of sp³-hybridized carbons (Fsp3) is 0.917. The van der Waals surface area contributed by atoms with Gasteiger partial charge in [0.2, 0.25) is 5.91 Å². The Kier molecular flexibility index (Phi) is 5.56. The van der Waals surface area contributed by atoms with Gasteiger partial charge in [-0.05, 0) is 19.3 Å². The molecule has 0 saturated carbocycles. The largest absolute Gasteiger partial charge is 0.381 e. The third-order valence-electron chi connectivity index (χ3n) is 3.24. The lowest BCUT2D eigenvalue weighted by Crippen LogP contribution is -2.35. The van der Waals surface area contributed by atoms with Crippen LogP contribution in [-0.4, -0.2) is 42.5 Å². The molecule has 0 aromatic rings. The zero-order valence-corrected chi connectivity index (χ0v) is 11.2. The topological polar surface area (TPSA) is 29.5 Å². The molecule has 1 aliphatic rings. The van der Waals surface area contributed by atoms with E-state index in [2.05, 4.69) is 6.92 Å². The molecule has 0 radical (unpaired) electrons. The first-order valence-corrected chi connectivity index (χ1v) is 6.54. The summed E-state index contributed by atoms with van der Waals surface area (Å²) in [6, 6.07) is 0. The molecule has 94 valence electrons. The second-order valence-corrected chi connectivity index (χ2v) is 5.04. The van der Waals surface area contributed by atoms with Crippen molar-refractivity contribution in [3.05, 3.63) is 0 Å². The second-order valence-electron chi connectivity index (χ2n) is 4.52. The summed E-state index contributed by atoms with van der Waals surface area (Å²) in [5.41, 5.74) is 0. The zero-order valence-electron chi connectivity index (χ0n) is 10.4. The van der Waals surface area contributed by atoms with Gasteiger partial charge in [-0.2, -0.15) is 0 Å². The number of rotatable bonds is 5. The molecular formula is C12H22ClNO2. The SMILES string of the molecule is CCOC[C@@H]1CN(C(=O)[C@@H](Cl)CC)C[C@H]1C. The van der Waals surface area contributed by atoms with Gasteiger partial charge < -0.3 is 9.64 Å². The summed E-state index contributed by atoms with van der Waals surface area (Å²) in [7, 11) is 0. The van der Waals surface area contributed by atoms with Crippen LogP contribution in [0.2, 0.25) is 0 Å². The van der Waals surface area contributed by atoms with Gasteiger partial charge in [0.25, 0.3) is 0 Å². The van der Waals surface area contributed by atoms with Crippen molar-refractivity contribution in [1.82, 2.24) is 4.90 Å². The Morgan fingerprint density at radius 2 is 2.19 bits per heavy atom. The highest BCUT2D eigenvalue weighted by molar-refractivity contribution is 6.30. The average molecular weight is 248 g/mol. The van der Waals surface area contributed by atoms with Crippen LogP contribution in [0.25, 0.3) is 0 Å². The van der Waals surface area contributed by atoms with Crippen molar-refractivity contribution in [3.8, 4) is 0 Å². The molecule has 0 aliphatic carbocycles. The fourth-order valence-corrected chi connectivity index (χ4v) is 2.21. The summed E-state index contributed by atoms with van der Waals surface area (Å²) >= 11 is 5.97. The summed E-state index contributed by atoms with van der Waals surface area (Å²) in [6.07, 6.45) is 0.696. The number of carbonyl (C=O) groups is 1. The van der Waals surface area contributed by atoms with Crippen LogP contribution in [-0.2, 0) is 9.53 Å². The van der Waals surface area contributed by atoms with Crippen LogP contribution in [0.3, 0.4) is 0 Å². The third-order valence-corrected chi connectivity index (χ3v) is 3.74. The Bertz CT molecular complexity index is 235. The first kappa shape index (κ1) is 13.8. The molecule has 1 amide bonds. The van der Waals surface area contributed by atoms with Crippen molar-refractivity contribution in [2.45, 2.75) is 32.6 Å². The van der Waals surface area contributed by atoms with E-state index in [1.807, 2.05) is 18.7 Å². The van der Waals surface area contributed by atoms with Crippen molar-refractivity contribution in [3.63, 3.8) is 0 Å². The number of ether oxygens (including phenoxy) is 1. The van der Waals surface area contributed by atoms with Crippen molar-refractivity contribution >= 4 is 17.5 Å². The standard InChI is InChI=1S/C12H22ClNO2/c1-4-11(13)12(15)14-6-9(3)10(7-14)8-16-5-2/h9-11H,4-8H2,1-3H3/t9-,10+,11+/m1/s1. The smallest absolute Gasteiger partial charge is 0.240 e. The van der Waals surface area contributed by atoms with Crippen LogP contribution in [0.15, 0.2) is 0 Å². The van der Waals surface area contributed by atoms with Crippen molar-refractivity contribution in [1.29, 1.82) is 0 Å². The summed E-state index contributed by atoms with van der Waals surface area (Å²) in [5.74, 6) is 1.05. The van der Waals surface area contributed by atoms with Gasteiger partial charge in [0, 0.05) is 25.6 Å². The minimum Gasteiger partial charge on any atom is -0.381 e. The lowest BCUT2D eigenvalue weighted by molar-refractivity contribution is -0.130. The highest BCUT2D eigenvalue weighted by atomic mass is 35.5. The predicted octanol–water partition coefficient (Wildman–Crippen LogP) is 2.13. The van der Waals surface area contributed by atoms with Crippen LogP contribution in [0.5, 0.6) is 0 Å². The molecule has 3 nitrogen and oxygen atoms in total. The predicted molar refractivity (Wildman–Crippen MR) is 65.7 cm³/mol. The second kappa shape index (κ2) is 6.45. The maximum atomic E-state index is 11.9. The van der Waals surface area contributed by atoms with Crippen molar-refractivity contribution in [2.24, 2.45) is 11.8 Å². The quantitative estimate of drug-likeness (QED) is 0.697. The molecule has 0 aromatic heterocycles. The van der Waals surface area contributed by atoms with E-state index in [1.54, 1.807) is 0 Å². The van der Waals surface area contributed by atoms with Crippen molar-refractivity contribution < 1.29 is 9.53 Å². The van der Waals surface area contributed by atoms with Gasteiger partial charge in [-0.1, -0.05) is 13.8 Å². The van der Waals surface area contributed by atoms with Crippen LogP contribution in [0.4, 0.5) is 0 Å². The average Bonchev–Trinajstić information content (AvgIpc) is 2.66. The number of carbonyl (C=O) groups excluding carboxylic acids is 1. The monoisotopic (exact) mass is 247 g/mol. The van der Waals surface area contributed by atoms with Gasteiger partial charge >= 0.3 is 0 Å². The molecule has 16 heavy (non-hydrogen) atoms. The lowest BCUT2D eigenvalue weighted by Gasteiger charge is -2.18. The number of nitrogens with zero attached hydrogens (tertiary/aromatic N) is 1. The van der Waals surface area contributed by atoms with Gasteiger partial charge in [-0.3, -0.25) is 4.79 Å². The molecule has 0 aromatic carbocycles. The summed E-state index contributed by atoms with van der Waals surface area (Å²) in [5, 5.41) is -0.363. The number of alkyl halides is 1. The molecule has 0 spiro atoms. The lowest BCUT2D eigenvalue weighted by atomic mass is 9.99. The van der Waals surface area contributed by atoms with Crippen LogP contribution in [0.1, 0.15) is 27.2 Å². The number of amides is 1. The van der Waals surface area contributed by atoms with E-state index in [0.717, 1.165) is 26.3 Å². The van der Waals surface area contributed by atoms with Crippen LogP contribution < -0.4 is 0 Å². The van der Waals surface area contributed by atoms with Gasteiger partial charge in [0.1, 0.15) is 5.38 Å². The van der Waals surface area contributed by atoms with E-state index >= 15 is 0 Å². The minimum atomic E-state index is -0.363. The highest BCUT2D eigenvalue weighted by Crippen LogP contribution is 2.24. The molecular weight excluding hydrogens is 226 g/mol. The van der Waals surface area contributed by atoms with Crippen molar-refractivity contribution in [2.75, 3.05) is 26.3 Å². The number of hydrogen-bond acceptors (Lipinski definition) is 2. The first-order valence-electron chi connectivity index (χ1n) is 6.10. The minimum absolute atomic E-state index is 0.0787. The molecule has 0 N–H and O–H groups in total. The van der Waals surface area contributed by atoms with E-state index in [9.17, 15) is 4.79 Å². The van der Waals surface area contributed by atoms with Gasteiger partial charge in [0.05, 0.1) is 6.61 Å². The molecule has 1 rings (SSSR count). The molecule has 1 aliphatic heterocycles. The Hall–Kier alpha value is -0.280. The molecule has 1 saturated heterocycles. The van der Waals surface area contributed by atoms with Crippen LogP contribution >= 0.6 is 11.6 Å². The van der Waals surface area contributed by atoms with E-state index in [1.165, 1.54) is 0 Å². The maximum Gasteiger partial charge on any atom is 0.240 e. The van der Waals surface area contributed by atoms with Gasteiger partial charge in [-0.25, -0.2) is 0 Å². The summed E-state index contributed by atoms with van der Waals surface area (Å²) < 4.78 is 5.43. The molecule has 0 unspecified atom stereocenters. The first-order chi connectivity index (χ1) is 7.60. The summed E-state index contributed by atoms with van der Waals surface area (Å²) in [6.45, 7) is 9.21.